The van der Waals surface area contributed by atoms with Gasteiger partial charge in [0.2, 0.25) is 0 Å². The van der Waals surface area contributed by atoms with Crippen molar-refractivity contribution >= 4 is 5.69 Å². The first kappa shape index (κ1) is 12.0. The molecular weight excluding hydrogens is 220 g/mol. The maximum atomic E-state index is 9.42. The highest BCUT2D eigenvalue weighted by molar-refractivity contribution is 5.61. The number of para-hydroxylation sites is 1. The van der Waals surface area contributed by atoms with Gasteiger partial charge in [-0.2, -0.15) is 0 Å². The van der Waals surface area contributed by atoms with E-state index in [1.165, 1.54) is 0 Å². The number of anilines is 1. The van der Waals surface area contributed by atoms with Crippen LogP contribution >= 0.6 is 0 Å². The molecule has 3 N–H and O–H groups in total. The second kappa shape index (κ2) is 5.75. The molecule has 1 heterocycles. The second-order valence-corrected chi connectivity index (χ2v) is 3.99. The van der Waals surface area contributed by atoms with Gasteiger partial charge in [0.15, 0.2) is 0 Å². The van der Waals surface area contributed by atoms with Crippen molar-refractivity contribution in [3.8, 4) is 11.5 Å². The van der Waals surface area contributed by atoms with Crippen molar-refractivity contribution in [2.45, 2.75) is 0 Å². The van der Waals surface area contributed by atoms with Crippen molar-refractivity contribution < 1.29 is 14.6 Å². The van der Waals surface area contributed by atoms with E-state index in [1.807, 2.05) is 0 Å². The number of benzene rings is 1. The van der Waals surface area contributed by atoms with Gasteiger partial charge in [0.25, 0.3) is 0 Å². The smallest absolute Gasteiger partial charge is 0.146 e. The van der Waals surface area contributed by atoms with Crippen LogP contribution < -0.4 is 10.5 Å². The topological polar surface area (TPSA) is 68.0 Å². The summed E-state index contributed by atoms with van der Waals surface area (Å²) in [5, 5.41) is 9.42. The van der Waals surface area contributed by atoms with E-state index in [-0.39, 0.29) is 5.75 Å². The Morgan fingerprint density at radius 2 is 2.12 bits per heavy atom. The van der Waals surface area contributed by atoms with Crippen LogP contribution in [0.25, 0.3) is 0 Å². The minimum atomic E-state index is 0.0638. The molecule has 2 rings (SSSR count). The van der Waals surface area contributed by atoms with Crippen molar-refractivity contribution in [3.05, 3.63) is 18.2 Å². The van der Waals surface area contributed by atoms with Crippen LogP contribution in [-0.2, 0) is 4.74 Å². The van der Waals surface area contributed by atoms with Crippen LogP contribution in [0.2, 0.25) is 0 Å². The van der Waals surface area contributed by atoms with Crippen molar-refractivity contribution in [2.75, 3.05) is 45.2 Å². The Morgan fingerprint density at radius 3 is 2.88 bits per heavy atom. The quantitative estimate of drug-likeness (QED) is 0.596. The largest absolute Gasteiger partial charge is 0.506 e. The van der Waals surface area contributed by atoms with Crippen LogP contribution in [-0.4, -0.2) is 49.5 Å². The molecule has 0 saturated carbocycles. The number of aromatic hydroxyl groups is 1. The molecule has 1 aromatic carbocycles. The zero-order valence-electron chi connectivity index (χ0n) is 9.76. The number of hydrogen-bond donors (Lipinski definition) is 2. The number of nitrogens with two attached hydrogens (primary N) is 1. The standard InChI is InChI=1S/C12H18N2O3/c13-12-10(15)2-1-3-11(12)17-9-6-14-4-7-16-8-5-14/h1-3,15H,4-9,13H2. The molecule has 1 aliphatic rings. The molecule has 0 aliphatic carbocycles. The third-order valence-corrected chi connectivity index (χ3v) is 2.81. The van der Waals surface area contributed by atoms with Crippen LogP contribution in [0.5, 0.6) is 11.5 Å². The van der Waals surface area contributed by atoms with Crippen LogP contribution in [0.1, 0.15) is 0 Å². The van der Waals surface area contributed by atoms with Crippen LogP contribution in [0.3, 0.4) is 0 Å². The molecule has 1 fully saturated rings. The number of nitrogen functional groups attached to an aromatic ring is 1. The Kier molecular flexibility index (Phi) is 4.06. The summed E-state index contributed by atoms with van der Waals surface area (Å²) in [4.78, 5) is 2.28. The average molecular weight is 238 g/mol. The molecular formula is C12H18N2O3. The zero-order valence-corrected chi connectivity index (χ0v) is 9.76. The number of phenolic OH excluding ortho intramolecular Hbond substituents is 1. The van der Waals surface area contributed by atoms with Crippen LogP contribution in [0.15, 0.2) is 18.2 Å². The average Bonchev–Trinajstić information content (AvgIpc) is 2.36. The summed E-state index contributed by atoms with van der Waals surface area (Å²) in [7, 11) is 0. The van der Waals surface area contributed by atoms with Crippen molar-refractivity contribution in [1.82, 2.24) is 4.90 Å². The predicted octanol–water partition coefficient (Wildman–Crippen LogP) is 0.685. The zero-order chi connectivity index (χ0) is 12.1. The molecule has 0 spiro atoms. The molecule has 0 atom stereocenters. The SMILES string of the molecule is Nc1c(O)cccc1OCCN1CCOCC1. The lowest BCUT2D eigenvalue weighted by atomic mass is 10.3. The maximum absolute atomic E-state index is 9.42. The molecule has 5 nitrogen and oxygen atoms in total. The number of rotatable bonds is 4. The van der Waals surface area contributed by atoms with E-state index in [1.54, 1.807) is 18.2 Å². The van der Waals surface area contributed by atoms with E-state index < -0.39 is 0 Å². The number of morpholine rings is 1. The van der Waals surface area contributed by atoms with Crippen molar-refractivity contribution in [3.63, 3.8) is 0 Å². The Morgan fingerprint density at radius 1 is 1.35 bits per heavy atom. The van der Waals surface area contributed by atoms with Gasteiger partial charge in [0.05, 0.1) is 13.2 Å². The first-order valence-corrected chi connectivity index (χ1v) is 5.78. The van der Waals surface area contributed by atoms with E-state index in [0.29, 0.717) is 18.0 Å². The van der Waals surface area contributed by atoms with Gasteiger partial charge in [0, 0.05) is 19.6 Å². The molecule has 5 heteroatoms. The maximum Gasteiger partial charge on any atom is 0.146 e. The fourth-order valence-electron chi connectivity index (χ4n) is 1.77. The van der Waals surface area contributed by atoms with E-state index in [2.05, 4.69) is 4.90 Å². The van der Waals surface area contributed by atoms with Gasteiger partial charge in [-0.05, 0) is 12.1 Å². The molecule has 0 bridgehead atoms. The molecule has 0 aromatic heterocycles. The minimum Gasteiger partial charge on any atom is -0.506 e. The molecule has 17 heavy (non-hydrogen) atoms. The van der Waals surface area contributed by atoms with Gasteiger partial charge in [-0.15, -0.1) is 0 Å². The Balaban J connectivity index is 1.79. The summed E-state index contributed by atoms with van der Waals surface area (Å²) >= 11 is 0. The van der Waals surface area contributed by atoms with E-state index >= 15 is 0 Å². The van der Waals surface area contributed by atoms with Crippen LogP contribution in [0, 0.1) is 0 Å². The summed E-state index contributed by atoms with van der Waals surface area (Å²) in [5.41, 5.74) is 5.99. The summed E-state index contributed by atoms with van der Waals surface area (Å²) in [5.74, 6) is 0.604. The molecule has 0 radical (unpaired) electrons. The van der Waals surface area contributed by atoms with E-state index in [0.717, 1.165) is 32.8 Å². The molecule has 94 valence electrons. The van der Waals surface area contributed by atoms with E-state index in [9.17, 15) is 5.11 Å². The van der Waals surface area contributed by atoms with Gasteiger partial charge in [-0.1, -0.05) is 6.07 Å². The third kappa shape index (κ3) is 3.25. The summed E-state index contributed by atoms with van der Waals surface area (Å²) in [6.45, 7) is 4.87. The first-order chi connectivity index (χ1) is 8.27. The minimum absolute atomic E-state index is 0.0638. The van der Waals surface area contributed by atoms with Crippen molar-refractivity contribution in [1.29, 1.82) is 0 Å². The number of phenols is 1. The lowest BCUT2D eigenvalue weighted by Gasteiger charge is -2.26. The Labute approximate surface area is 101 Å². The Bertz CT molecular complexity index is 365. The van der Waals surface area contributed by atoms with Gasteiger partial charge in [-0.25, -0.2) is 0 Å². The monoisotopic (exact) mass is 238 g/mol. The molecule has 1 saturated heterocycles. The predicted molar refractivity (Wildman–Crippen MR) is 65.3 cm³/mol. The summed E-state index contributed by atoms with van der Waals surface area (Å²) in [6, 6.07) is 5.02. The van der Waals surface area contributed by atoms with Crippen LogP contribution in [0.4, 0.5) is 5.69 Å². The highest BCUT2D eigenvalue weighted by Gasteiger charge is 2.10. The molecule has 0 unspecified atom stereocenters. The first-order valence-electron chi connectivity index (χ1n) is 5.78. The fourth-order valence-corrected chi connectivity index (χ4v) is 1.77. The lowest BCUT2D eigenvalue weighted by Crippen LogP contribution is -2.38. The van der Waals surface area contributed by atoms with Gasteiger partial charge in [-0.3, -0.25) is 4.90 Å². The Hall–Kier alpha value is -1.46. The molecule has 0 amide bonds. The number of nitrogens with zero attached hydrogens (tertiary/aromatic N) is 1. The van der Waals surface area contributed by atoms with Gasteiger partial charge < -0.3 is 20.3 Å². The lowest BCUT2D eigenvalue weighted by molar-refractivity contribution is 0.0323. The normalized spacial score (nSPS) is 16.9. The molecule has 1 aromatic rings. The summed E-state index contributed by atoms with van der Waals surface area (Å²) < 4.78 is 10.8. The van der Waals surface area contributed by atoms with E-state index in [4.69, 9.17) is 15.2 Å². The number of ether oxygens (including phenoxy) is 2. The molecule has 1 aliphatic heterocycles. The summed E-state index contributed by atoms with van der Waals surface area (Å²) in [6.07, 6.45) is 0. The van der Waals surface area contributed by atoms with Gasteiger partial charge in [0.1, 0.15) is 23.8 Å². The highest BCUT2D eigenvalue weighted by Crippen LogP contribution is 2.29. The van der Waals surface area contributed by atoms with Gasteiger partial charge >= 0.3 is 0 Å². The third-order valence-electron chi connectivity index (χ3n) is 2.81. The van der Waals surface area contributed by atoms with Crippen molar-refractivity contribution in [2.24, 2.45) is 0 Å². The highest BCUT2D eigenvalue weighted by atomic mass is 16.5. The number of hydrogen-bond acceptors (Lipinski definition) is 5. The fraction of sp³-hybridized carbons (Fsp3) is 0.500. The second-order valence-electron chi connectivity index (χ2n) is 3.99.